The molecule has 1 aromatic carbocycles. The highest BCUT2D eigenvalue weighted by Crippen LogP contribution is 2.39. The lowest BCUT2D eigenvalue weighted by Crippen LogP contribution is -2.07. The van der Waals surface area contributed by atoms with Crippen molar-refractivity contribution in [1.82, 2.24) is 0 Å². The Kier molecular flexibility index (Phi) is 4.24. The summed E-state index contributed by atoms with van der Waals surface area (Å²) in [6.45, 7) is 2.56. The van der Waals surface area contributed by atoms with Gasteiger partial charge in [-0.3, -0.25) is 0 Å². The van der Waals surface area contributed by atoms with Gasteiger partial charge in [0.05, 0.1) is 19.2 Å². The average Bonchev–Trinajstić information content (AvgIpc) is 2.21. The van der Waals surface area contributed by atoms with Crippen LogP contribution in [-0.4, -0.2) is 20.8 Å². The van der Waals surface area contributed by atoms with Gasteiger partial charge in [0.2, 0.25) is 0 Å². The molecule has 0 fully saturated rings. The molecule has 0 heterocycles. The number of ether oxygens (including phenoxy) is 2. The van der Waals surface area contributed by atoms with Crippen LogP contribution < -0.4 is 15.2 Å². The van der Waals surface area contributed by atoms with Crippen molar-refractivity contribution in [2.45, 2.75) is 13.3 Å². The maximum atomic E-state index is 6.05. The van der Waals surface area contributed by atoms with Crippen molar-refractivity contribution in [3.63, 3.8) is 0 Å². The van der Waals surface area contributed by atoms with E-state index in [1.54, 1.807) is 14.2 Å². The van der Waals surface area contributed by atoms with Crippen molar-refractivity contribution in [3.05, 3.63) is 22.2 Å². The van der Waals surface area contributed by atoms with Crippen LogP contribution in [0.2, 0.25) is 5.02 Å². The number of hydrogen-bond acceptors (Lipinski definition) is 3. The molecular formula is C11H16ClNO2. The molecule has 84 valence electrons. The fourth-order valence-corrected chi connectivity index (χ4v) is 1.96. The van der Waals surface area contributed by atoms with E-state index in [9.17, 15) is 0 Å². The Morgan fingerprint density at radius 2 is 1.87 bits per heavy atom. The third-order valence-corrected chi connectivity index (χ3v) is 2.60. The van der Waals surface area contributed by atoms with Crippen molar-refractivity contribution in [1.29, 1.82) is 0 Å². The fraction of sp³-hybridized carbons (Fsp3) is 0.455. The summed E-state index contributed by atoms with van der Waals surface area (Å²) >= 11 is 6.05. The van der Waals surface area contributed by atoms with Crippen LogP contribution in [-0.2, 0) is 6.42 Å². The molecule has 15 heavy (non-hydrogen) atoms. The molecule has 1 aromatic rings. The lowest BCUT2D eigenvalue weighted by Gasteiger charge is -2.16. The van der Waals surface area contributed by atoms with Gasteiger partial charge in [0.25, 0.3) is 0 Å². The lowest BCUT2D eigenvalue weighted by atomic mass is 10.0. The van der Waals surface area contributed by atoms with E-state index < -0.39 is 0 Å². The Morgan fingerprint density at radius 1 is 1.27 bits per heavy atom. The number of rotatable bonds is 4. The molecule has 0 aliphatic heterocycles. The van der Waals surface area contributed by atoms with Crippen molar-refractivity contribution in [3.8, 4) is 11.5 Å². The van der Waals surface area contributed by atoms with E-state index in [-0.39, 0.29) is 0 Å². The molecule has 0 aliphatic carbocycles. The first kappa shape index (κ1) is 12.1. The zero-order valence-electron chi connectivity index (χ0n) is 9.26. The first-order chi connectivity index (χ1) is 7.15. The van der Waals surface area contributed by atoms with Crippen LogP contribution in [0.4, 0.5) is 0 Å². The Labute approximate surface area is 95.1 Å². The maximum Gasteiger partial charge on any atom is 0.179 e. The fourth-order valence-electron chi connectivity index (χ4n) is 1.63. The summed E-state index contributed by atoms with van der Waals surface area (Å²) in [5, 5.41) is 0.563. The molecule has 0 spiro atoms. The summed E-state index contributed by atoms with van der Waals surface area (Å²) in [4.78, 5) is 0. The highest BCUT2D eigenvalue weighted by atomic mass is 35.5. The molecule has 4 heteroatoms. The molecule has 0 radical (unpaired) electrons. The minimum Gasteiger partial charge on any atom is -0.493 e. The molecule has 0 saturated carbocycles. The van der Waals surface area contributed by atoms with Gasteiger partial charge >= 0.3 is 0 Å². The Balaban J connectivity index is 3.35. The predicted octanol–water partition coefficient (Wildman–Crippen LogP) is 2.17. The van der Waals surface area contributed by atoms with Crippen LogP contribution in [0.15, 0.2) is 6.07 Å². The summed E-state index contributed by atoms with van der Waals surface area (Å²) in [5.74, 6) is 1.26. The van der Waals surface area contributed by atoms with Crippen LogP contribution in [0.25, 0.3) is 0 Å². The monoisotopic (exact) mass is 229 g/mol. The highest BCUT2D eigenvalue weighted by molar-refractivity contribution is 6.32. The van der Waals surface area contributed by atoms with Gasteiger partial charge in [-0.05, 0) is 31.5 Å². The SMILES string of the molecule is COc1c(Cl)cc(C)c(CCN)c1OC. The Hall–Kier alpha value is -0.930. The molecule has 0 atom stereocenters. The standard InChI is InChI=1S/C11H16ClNO2/c1-7-6-9(12)11(15-3)10(14-2)8(7)4-5-13/h6H,4-5,13H2,1-3H3. The molecule has 0 aliphatic rings. The van der Waals surface area contributed by atoms with Gasteiger partial charge in [-0.15, -0.1) is 0 Å². The molecular weight excluding hydrogens is 214 g/mol. The van der Waals surface area contributed by atoms with E-state index in [0.29, 0.717) is 23.1 Å². The van der Waals surface area contributed by atoms with Crippen molar-refractivity contribution >= 4 is 11.6 Å². The molecule has 0 unspecified atom stereocenters. The number of hydrogen-bond donors (Lipinski definition) is 1. The van der Waals surface area contributed by atoms with E-state index in [2.05, 4.69) is 0 Å². The lowest BCUT2D eigenvalue weighted by molar-refractivity contribution is 0.351. The van der Waals surface area contributed by atoms with Gasteiger partial charge in [0.15, 0.2) is 11.5 Å². The Morgan fingerprint density at radius 3 is 2.33 bits per heavy atom. The normalized spacial score (nSPS) is 10.2. The second kappa shape index (κ2) is 5.24. The van der Waals surface area contributed by atoms with Crippen LogP contribution in [0.3, 0.4) is 0 Å². The molecule has 0 bridgehead atoms. The van der Waals surface area contributed by atoms with Gasteiger partial charge in [0, 0.05) is 5.56 Å². The predicted molar refractivity (Wildman–Crippen MR) is 62.1 cm³/mol. The van der Waals surface area contributed by atoms with E-state index in [1.807, 2.05) is 13.0 Å². The van der Waals surface area contributed by atoms with E-state index in [0.717, 1.165) is 17.5 Å². The van der Waals surface area contributed by atoms with Gasteiger partial charge in [0.1, 0.15) is 0 Å². The number of aryl methyl sites for hydroxylation is 1. The van der Waals surface area contributed by atoms with E-state index in [1.165, 1.54) is 0 Å². The molecule has 0 aromatic heterocycles. The smallest absolute Gasteiger partial charge is 0.179 e. The highest BCUT2D eigenvalue weighted by Gasteiger charge is 2.16. The van der Waals surface area contributed by atoms with Crippen molar-refractivity contribution in [2.75, 3.05) is 20.8 Å². The molecule has 0 amide bonds. The summed E-state index contributed by atoms with van der Waals surface area (Å²) in [5.41, 5.74) is 7.68. The van der Waals surface area contributed by atoms with Crippen LogP contribution in [0, 0.1) is 6.92 Å². The second-order valence-corrected chi connectivity index (χ2v) is 3.67. The topological polar surface area (TPSA) is 44.5 Å². The minimum absolute atomic E-state index is 0.563. The van der Waals surface area contributed by atoms with E-state index >= 15 is 0 Å². The summed E-state index contributed by atoms with van der Waals surface area (Å²) in [7, 11) is 3.18. The number of methoxy groups -OCH3 is 2. The molecule has 0 saturated heterocycles. The third-order valence-electron chi connectivity index (χ3n) is 2.32. The van der Waals surface area contributed by atoms with E-state index in [4.69, 9.17) is 26.8 Å². The third kappa shape index (κ3) is 2.36. The second-order valence-electron chi connectivity index (χ2n) is 3.26. The van der Waals surface area contributed by atoms with Crippen LogP contribution in [0.5, 0.6) is 11.5 Å². The average molecular weight is 230 g/mol. The van der Waals surface area contributed by atoms with Crippen LogP contribution >= 0.6 is 11.6 Å². The minimum atomic E-state index is 0.563. The van der Waals surface area contributed by atoms with Gasteiger partial charge < -0.3 is 15.2 Å². The summed E-state index contributed by atoms with van der Waals surface area (Å²) in [6, 6.07) is 1.87. The van der Waals surface area contributed by atoms with Crippen LogP contribution in [0.1, 0.15) is 11.1 Å². The number of nitrogens with two attached hydrogens (primary N) is 1. The molecule has 1 rings (SSSR count). The Bertz CT molecular complexity index is 353. The van der Waals surface area contributed by atoms with Gasteiger partial charge in [-0.1, -0.05) is 11.6 Å². The van der Waals surface area contributed by atoms with Gasteiger partial charge in [-0.25, -0.2) is 0 Å². The number of halogens is 1. The largest absolute Gasteiger partial charge is 0.493 e. The van der Waals surface area contributed by atoms with Crippen molar-refractivity contribution in [2.24, 2.45) is 5.73 Å². The quantitative estimate of drug-likeness (QED) is 0.861. The summed E-state index contributed by atoms with van der Waals surface area (Å²) in [6.07, 6.45) is 0.753. The zero-order chi connectivity index (χ0) is 11.4. The first-order valence-electron chi connectivity index (χ1n) is 4.75. The number of benzene rings is 1. The van der Waals surface area contributed by atoms with Gasteiger partial charge in [-0.2, -0.15) is 0 Å². The zero-order valence-corrected chi connectivity index (χ0v) is 10.0. The maximum absolute atomic E-state index is 6.05. The first-order valence-corrected chi connectivity index (χ1v) is 5.13. The molecule has 3 nitrogen and oxygen atoms in total. The molecule has 2 N–H and O–H groups in total. The van der Waals surface area contributed by atoms with Crippen molar-refractivity contribution < 1.29 is 9.47 Å². The summed E-state index contributed by atoms with van der Waals surface area (Å²) < 4.78 is 10.5.